The molecule has 0 fully saturated rings. The maximum absolute atomic E-state index is 12.3. The predicted octanol–water partition coefficient (Wildman–Crippen LogP) is 4.09. The van der Waals surface area contributed by atoms with E-state index < -0.39 is 22.9 Å². The van der Waals surface area contributed by atoms with E-state index in [-0.39, 0.29) is 32.7 Å². The first-order valence-corrected chi connectivity index (χ1v) is 8.28. The predicted molar refractivity (Wildman–Crippen MR) is 99.6 cm³/mol. The second-order valence-electron chi connectivity index (χ2n) is 5.31. The molecule has 2 aromatic carbocycles. The van der Waals surface area contributed by atoms with E-state index in [2.05, 4.69) is 5.32 Å². The first kappa shape index (κ1) is 20.5. The van der Waals surface area contributed by atoms with Gasteiger partial charge in [0, 0.05) is 12.1 Å². The first-order chi connectivity index (χ1) is 12.7. The van der Waals surface area contributed by atoms with Crippen molar-refractivity contribution in [2.45, 2.75) is 13.0 Å². The number of anilines is 1. The van der Waals surface area contributed by atoms with E-state index in [1.807, 2.05) is 0 Å². The molecule has 0 aliphatic carbocycles. The van der Waals surface area contributed by atoms with Crippen molar-refractivity contribution in [3.05, 3.63) is 62.1 Å². The number of esters is 1. The average molecular weight is 413 g/mol. The van der Waals surface area contributed by atoms with Crippen LogP contribution in [0.1, 0.15) is 17.3 Å². The molecule has 2 aromatic rings. The molecule has 10 heteroatoms. The van der Waals surface area contributed by atoms with Crippen molar-refractivity contribution in [3.63, 3.8) is 0 Å². The summed E-state index contributed by atoms with van der Waals surface area (Å²) in [6, 6.07) is 7.89. The van der Waals surface area contributed by atoms with Gasteiger partial charge in [-0.3, -0.25) is 14.9 Å². The van der Waals surface area contributed by atoms with Crippen LogP contribution in [0.3, 0.4) is 0 Å². The minimum atomic E-state index is -1.18. The third-order valence-corrected chi connectivity index (χ3v) is 4.20. The Morgan fingerprint density at radius 1 is 1.15 bits per heavy atom. The number of benzene rings is 2. The van der Waals surface area contributed by atoms with Crippen LogP contribution in [0, 0.1) is 10.1 Å². The summed E-state index contributed by atoms with van der Waals surface area (Å²) in [6.07, 6.45) is -1.18. The lowest BCUT2D eigenvalue weighted by Gasteiger charge is -2.15. The van der Waals surface area contributed by atoms with Crippen molar-refractivity contribution in [2.24, 2.45) is 0 Å². The van der Waals surface area contributed by atoms with Gasteiger partial charge in [-0.25, -0.2) is 4.79 Å². The summed E-state index contributed by atoms with van der Waals surface area (Å²) in [6.45, 7) is 1.36. The van der Waals surface area contributed by atoms with E-state index in [1.165, 1.54) is 44.4 Å². The van der Waals surface area contributed by atoms with E-state index in [0.29, 0.717) is 0 Å². The summed E-state index contributed by atoms with van der Waals surface area (Å²) in [5.41, 5.74) is -0.0299. The Bertz CT molecular complexity index is 903. The molecule has 0 saturated carbocycles. The average Bonchev–Trinajstić information content (AvgIpc) is 2.63. The highest BCUT2D eigenvalue weighted by Gasteiger charge is 2.22. The summed E-state index contributed by atoms with van der Waals surface area (Å²) in [5.74, 6) is -1.25. The first-order valence-electron chi connectivity index (χ1n) is 7.52. The lowest BCUT2D eigenvalue weighted by Crippen LogP contribution is -2.30. The molecule has 2 rings (SSSR count). The molecule has 1 N–H and O–H groups in total. The SMILES string of the molecule is COc1ccc([N+](=O)[O-])cc1NC(=O)C(C)OC(=O)c1ccc(Cl)c(Cl)c1. The Balaban J connectivity index is 2.11. The van der Waals surface area contributed by atoms with Gasteiger partial charge in [0.25, 0.3) is 11.6 Å². The van der Waals surface area contributed by atoms with Crippen LogP contribution in [0.15, 0.2) is 36.4 Å². The Kier molecular flexibility index (Phi) is 6.59. The number of amides is 1. The molecule has 1 unspecified atom stereocenters. The standard InChI is InChI=1S/C17H14Cl2N2O6/c1-9(27-17(23)10-3-5-12(18)13(19)7-10)16(22)20-14-8-11(21(24)25)4-6-15(14)26-2/h3-9H,1-2H3,(H,20,22). The van der Waals surface area contributed by atoms with Crippen molar-refractivity contribution in [1.29, 1.82) is 0 Å². The van der Waals surface area contributed by atoms with Gasteiger partial charge >= 0.3 is 5.97 Å². The molecule has 0 aliphatic heterocycles. The zero-order chi connectivity index (χ0) is 20.1. The van der Waals surface area contributed by atoms with Crippen molar-refractivity contribution in [3.8, 4) is 5.75 Å². The Morgan fingerprint density at radius 2 is 1.85 bits per heavy atom. The van der Waals surface area contributed by atoms with Crippen LogP contribution in [0.2, 0.25) is 10.0 Å². The highest BCUT2D eigenvalue weighted by atomic mass is 35.5. The number of halogens is 2. The van der Waals surface area contributed by atoms with Crippen LogP contribution >= 0.6 is 23.2 Å². The molecule has 0 aromatic heterocycles. The lowest BCUT2D eigenvalue weighted by molar-refractivity contribution is -0.384. The van der Waals surface area contributed by atoms with Crippen molar-refractivity contribution in [2.75, 3.05) is 12.4 Å². The van der Waals surface area contributed by atoms with Gasteiger partial charge in [0.05, 0.1) is 33.3 Å². The number of non-ortho nitro benzene ring substituents is 1. The molecule has 142 valence electrons. The molecule has 0 heterocycles. The molecule has 1 amide bonds. The zero-order valence-corrected chi connectivity index (χ0v) is 15.7. The number of ether oxygens (including phenoxy) is 2. The monoisotopic (exact) mass is 412 g/mol. The quantitative estimate of drug-likeness (QED) is 0.434. The zero-order valence-electron chi connectivity index (χ0n) is 14.2. The van der Waals surface area contributed by atoms with Crippen LogP contribution in [0.5, 0.6) is 5.75 Å². The lowest BCUT2D eigenvalue weighted by atomic mass is 10.2. The molecule has 8 nitrogen and oxygen atoms in total. The van der Waals surface area contributed by atoms with Gasteiger partial charge in [0.2, 0.25) is 0 Å². The third kappa shape index (κ3) is 5.08. The molecule has 27 heavy (non-hydrogen) atoms. The molecule has 0 bridgehead atoms. The fourth-order valence-corrected chi connectivity index (χ4v) is 2.34. The number of methoxy groups -OCH3 is 1. The second kappa shape index (κ2) is 8.70. The molecular weight excluding hydrogens is 399 g/mol. The number of hydrogen-bond donors (Lipinski definition) is 1. The van der Waals surface area contributed by atoms with Gasteiger partial charge in [0.15, 0.2) is 6.10 Å². The van der Waals surface area contributed by atoms with Crippen LogP contribution < -0.4 is 10.1 Å². The Labute approximate surface area is 164 Å². The largest absolute Gasteiger partial charge is 0.495 e. The summed E-state index contributed by atoms with van der Waals surface area (Å²) in [5, 5.41) is 13.8. The fraction of sp³-hybridized carbons (Fsp3) is 0.176. The Hall–Kier alpha value is -2.84. The number of nitro benzene ring substituents is 1. The van der Waals surface area contributed by atoms with Gasteiger partial charge in [-0.1, -0.05) is 23.2 Å². The van der Waals surface area contributed by atoms with Crippen LogP contribution in [-0.2, 0) is 9.53 Å². The molecule has 0 saturated heterocycles. The maximum Gasteiger partial charge on any atom is 0.338 e. The topological polar surface area (TPSA) is 108 Å². The van der Waals surface area contributed by atoms with Gasteiger partial charge in [-0.15, -0.1) is 0 Å². The number of carbonyl (C=O) groups is 2. The molecule has 1 atom stereocenters. The minimum absolute atomic E-state index is 0.0779. The smallest absolute Gasteiger partial charge is 0.338 e. The highest BCUT2D eigenvalue weighted by Crippen LogP contribution is 2.29. The number of nitrogens with zero attached hydrogens (tertiary/aromatic N) is 1. The molecule has 0 spiro atoms. The molecule has 0 aliphatic rings. The van der Waals surface area contributed by atoms with E-state index in [4.69, 9.17) is 32.7 Å². The van der Waals surface area contributed by atoms with E-state index in [1.54, 1.807) is 0 Å². The Morgan fingerprint density at radius 3 is 2.44 bits per heavy atom. The summed E-state index contributed by atoms with van der Waals surface area (Å²) < 4.78 is 10.2. The number of carbonyl (C=O) groups excluding carboxylic acids is 2. The van der Waals surface area contributed by atoms with Crippen molar-refractivity contribution >= 4 is 46.5 Å². The number of rotatable bonds is 6. The van der Waals surface area contributed by atoms with Crippen molar-refractivity contribution < 1.29 is 24.0 Å². The van der Waals surface area contributed by atoms with E-state index in [9.17, 15) is 19.7 Å². The van der Waals surface area contributed by atoms with Gasteiger partial charge < -0.3 is 14.8 Å². The third-order valence-electron chi connectivity index (χ3n) is 3.46. The van der Waals surface area contributed by atoms with Crippen LogP contribution in [-0.4, -0.2) is 30.0 Å². The minimum Gasteiger partial charge on any atom is -0.495 e. The van der Waals surface area contributed by atoms with Crippen molar-refractivity contribution in [1.82, 2.24) is 0 Å². The summed E-state index contributed by atoms with van der Waals surface area (Å²) in [7, 11) is 1.35. The van der Waals surface area contributed by atoms with Crippen LogP contribution in [0.25, 0.3) is 0 Å². The normalized spacial score (nSPS) is 11.4. The van der Waals surface area contributed by atoms with E-state index >= 15 is 0 Å². The second-order valence-corrected chi connectivity index (χ2v) is 6.12. The molecular formula is C17H14Cl2N2O6. The number of nitrogens with one attached hydrogen (secondary N) is 1. The summed E-state index contributed by atoms with van der Waals surface area (Å²) >= 11 is 11.6. The van der Waals surface area contributed by atoms with E-state index in [0.717, 1.165) is 6.07 Å². The van der Waals surface area contributed by atoms with Crippen LogP contribution in [0.4, 0.5) is 11.4 Å². The number of hydrogen-bond acceptors (Lipinski definition) is 6. The maximum atomic E-state index is 12.3. The van der Waals surface area contributed by atoms with Gasteiger partial charge in [-0.05, 0) is 31.2 Å². The summed E-state index contributed by atoms with van der Waals surface area (Å²) in [4.78, 5) is 34.7. The van der Waals surface area contributed by atoms with Gasteiger partial charge in [0.1, 0.15) is 5.75 Å². The molecule has 0 radical (unpaired) electrons. The van der Waals surface area contributed by atoms with Gasteiger partial charge in [-0.2, -0.15) is 0 Å². The number of nitro groups is 1. The highest BCUT2D eigenvalue weighted by molar-refractivity contribution is 6.42. The fourth-order valence-electron chi connectivity index (χ4n) is 2.05.